The van der Waals surface area contributed by atoms with E-state index in [9.17, 15) is 5.26 Å². The molecule has 0 unspecified atom stereocenters. The van der Waals surface area contributed by atoms with Crippen LogP contribution in [0.3, 0.4) is 0 Å². The number of hydrogen-bond donors (Lipinski definition) is 1. The molecule has 0 atom stereocenters. The van der Waals surface area contributed by atoms with E-state index in [4.69, 9.17) is 0 Å². The number of aryl methyl sites for hydroxylation is 2. The van der Waals surface area contributed by atoms with E-state index in [0.29, 0.717) is 5.56 Å². The highest BCUT2D eigenvalue weighted by molar-refractivity contribution is 5.76. The monoisotopic (exact) mass is 288 g/mol. The standard InChI is InChI=1S/C17H13N5/c1-11-9-16(21-8-7-19-12(21)2)22-15-6-4-3-5-14(15)20-17(22)13(11)10-18/h3-9H,1-2H3/p+1. The van der Waals surface area contributed by atoms with E-state index >= 15 is 0 Å². The Kier molecular flexibility index (Phi) is 2.54. The van der Waals surface area contributed by atoms with Gasteiger partial charge in [-0.2, -0.15) is 9.66 Å². The number of para-hydroxylation sites is 2. The summed E-state index contributed by atoms with van der Waals surface area (Å²) in [5.41, 5.74) is 4.46. The van der Waals surface area contributed by atoms with Crippen LogP contribution >= 0.6 is 0 Å². The largest absolute Gasteiger partial charge is 0.269 e. The third-order valence-electron chi connectivity index (χ3n) is 4.01. The smallest absolute Gasteiger partial charge is 0.250 e. The minimum Gasteiger partial charge on any atom is -0.269 e. The average Bonchev–Trinajstić information content (AvgIpc) is 3.10. The van der Waals surface area contributed by atoms with Gasteiger partial charge in [-0.1, -0.05) is 12.1 Å². The summed E-state index contributed by atoms with van der Waals surface area (Å²) in [6.45, 7) is 3.93. The Bertz CT molecular complexity index is 1060. The second-order valence-corrected chi connectivity index (χ2v) is 5.34. The van der Waals surface area contributed by atoms with Gasteiger partial charge in [0.15, 0.2) is 5.82 Å². The second kappa shape index (κ2) is 4.43. The number of imidazole rings is 2. The van der Waals surface area contributed by atoms with Gasteiger partial charge in [-0.25, -0.2) is 9.55 Å². The molecule has 0 saturated heterocycles. The van der Waals surface area contributed by atoms with Crippen LogP contribution in [0, 0.1) is 25.2 Å². The molecular weight excluding hydrogens is 274 g/mol. The van der Waals surface area contributed by atoms with Gasteiger partial charge in [0.1, 0.15) is 22.7 Å². The minimum absolute atomic E-state index is 0.665. The number of nitrogens with one attached hydrogen (secondary N) is 1. The summed E-state index contributed by atoms with van der Waals surface area (Å²) in [4.78, 5) is 7.68. The molecule has 3 aromatic heterocycles. The summed E-state index contributed by atoms with van der Waals surface area (Å²) in [7, 11) is 0. The quantitative estimate of drug-likeness (QED) is 0.547. The molecule has 0 aliphatic carbocycles. The molecule has 0 bridgehead atoms. The van der Waals surface area contributed by atoms with E-state index in [-0.39, 0.29) is 0 Å². The molecule has 5 heteroatoms. The van der Waals surface area contributed by atoms with E-state index in [0.717, 1.165) is 33.9 Å². The van der Waals surface area contributed by atoms with Crippen molar-refractivity contribution in [3.05, 3.63) is 59.7 Å². The number of pyridine rings is 1. The summed E-state index contributed by atoms with van der Waals surface area (Å²) in [5.74, 6) is 1.88. The van der Waals surface area contributed by atoms with Gasteiger partial charge in [-0.3, -0.25) is 4.98 Å². The van der Waals surface area contributed by atoms with Crippen LogP contribution in [0.5, 0.6) is 0 Å². The number of fused-ring (bicyclic) bond motifs is 3. The highest BCUT2D eigenvalue weighted by Gasteiger charge is 2.22. The van der Waals surface area contributed by atoms with Gasteiger partial charge >= 0.3 is 0 Å². The van der Waals surface area contributed by atoms with E-state index in [1.54, 1.807) is 6.20 Å². The van der Waals surface area contributed by atoms with Gasteiger partial charge in [0.25, 0.3) is 0 Å². The van der Waals surface area contributed by atoms with Crippen molar-refractivity contribution in [1.29, 1.82) is 5.26 Å². The molecule has 106 valence electrons. The van der Waals surface area contributed by atoms with Gasteiger partial charge in [0.2, 0.25) is 11.5 Å². The molecule has 1 aromatic carbocycles. The van der Waals surface area contributed by atoms with Crippen LogP contribution in [-0.2, 0) is 0 Å². The fourth-order valence-corrected chi connectivity index (χ4v) is 2.95. The number of benzene rings is 1. The number of rotatable bonds is 1. The first-order valence-corrected chi connectivity index (χ1v) is 7.07. The molecule has 4 aromatic rings. The lowest BCUT2D eigenvalue weighted by molar-refractivity contribution is -0.475. The third-order valence-corrected chi connectivity index (χ3v) is 4.01. The molecule has 1 N–H and O–H groups in total. The van der Waals surface area contributed by atoms with Crippen LogP contribution in [0.15, 0.2) is 42.7 Å². The molecule has 0 radical (unpaired) electrons. The van der Waals surface area contributed by atoms with Crippen molar-refractivity contribution in [2.24, 2.45) is 0 Å². The average molecular weight is 288 g/mol. The Morgan fingerprint density at radius 3 is 2.82 bits per heavy atom. The molecule has 5 nitrogen and oxygen atoms in total. The molecule has 3 heterocycles. The molecule has 0 spiro atoms. The zero-order valence-electron chi connectivity index (χ0n) is 12.3. The first kappa shape index (κ1) is 12.6. The van der Waals surface area contributed by atoms with Crippen molar-refractivity contribution < 1.29 is 4.40 Å². The Morgan fingerprint density at radius 1 is 1.27 bits per heavy atom. The van der Waals surface area contributed by atoms with E-state index < -0.39 is 0 Å². The van der Waals surface area contributed by atoms with Crippen LogP contribution in [0.2, 0.25) is 0 Å². The summed E-state index contributed by atoms with van der Waals surface area (Å²) >= 11 is 0. The van der Waals surface area contributed by atoms with Crippen molar-refractivity contribution in [2.75, 3.05) is 0 Å². The van der Waals surface area contributed by atoms with Crippen molar-refractivity contribution in [3.63, 3.8) is 0 Å². The third kappa shape index (κ3) is 1.58. The maximum Gasteiger partial charge on any atom is 0.250 e. The van der Waals surface area contributed by atoms with Gasteiger partial charge in [-0.05, 0) is 24.6 Å². The summed E-state index contributed by atoms with van der Waals surface area (Å²) < 4.78 is 4.11. The lowest BCUT2D eigenvalue weighted by Crippen LogP contribution is -2.29. The van der Waals surface area contributed by atoms with Crippen LogP contribution in [0.1, 0.15) is 17.0 Å². The predicted molar refractivity (Wildman–Crippen MR) is 82.8 cm³/mol. The Hall–Kier alpha value is -3.13. The molecule has 0 saturated carbocycles. The molecule has 4 rings (SSSR count). The van der Waals surface area contributed by atoms with Crippen molar-refractivity contribution in [3.8, 4) is 11.9 Å². The number of H-pyrrole nitrogens is 1. The molecular formula is C17H14N5+. The SMILES string of the molecule is Cc1cc(-n2ccnc2C)[n+]2c([nH]c3ccccc32)c1C#N. The number of nitrogens with zero attached hydrogens (tertiary/aromatic N) is 4. The lowest BCUT2D eigenvalue weighted by Gasteiger charge is -2.05. The normalized spacial score (nSPS) is 11.1. The zero-order chi connectivity index (χ0) is 15.3. The maximum absolute atomic E-state index is 9.52. The number of hydrogen-bond acceptors (Lipinski definition) is 2. The fraction of sp³-hybridized carbons (Fsp3) is 0.118. The second-order valence-electron chi connectivity index (χ2n) is 5.34. The topological polar surface area (TPSA) is 61.5 Å². The predicted octanol–water partition coefficient (Wildman–Crippen LogP) is 2.58. The highest BCUT2D eigenvalue weighted by Crippen LogP contribution is 2.20. The van der Waals surface area contributed by atoms with E-state index in [1.165, 1.54) is 0 Å². The number of aromatic amines is 1. The Balaban J connectivity index is 2.27. The molecule has 22 heavy (non-hydrogen) atoms. The Morgan fingerprint density at radius 2 is 2.09 bits per heavy atom. The van der Waals surface area contributed by atoms with Crippen LogP contribution < -0.4 is 4.40 Å². The van der Waals surface area contributed by atoms with E-state index in [1.807, 2.05) is 54.9 Å². The molecule has 0 fully saturated rings. The first-order valence-electron chi connectivity index (χ1n) is 7.07. The van der Waals surface area contributed by atoms with Gasteiger partial charge < -0.3 is 0 Å². The van der Waals surface area contributed by atoms with Crippen molar-refractivity contribution in [1.82, 2.24) is 14.5 Å². The van der Waals surface area contributed by atoms with Gasteiger partial charge in [0.05, 0.1) is 12.4 Å². The number of nitriles is 1. The highest BCUT2D eigenvalue weighted by atomic mass is 15.2. The van der Waals surface area contributed by atoms with Crippen molar-refractivity contribution >= 4 is 16.7 Å². The Labute approximate surface area is 127 Å². The fourth-order valence-electron chi connectivity index (χ4n) is 2.95. The minimum atomic E-state index is 0.665. The zero-order valence-corrected chi connectivity index (χ0v) is 12.3. The summed E-state index contributed by atoms with van der Waals surface area (Å²) in [6, 6.07) is 12.4. The van der Waals surface area contributed by atoms with Crippen LogP contribution in [0.4, 0.5) is 0 Å². The van der Waals surface area contributed by atoms with Crippen LogP contribution in [-0.4, -0.2) is 14.5 Å². The van der Waals surface area contributed by atoms with Gasteiger partial charge in [0, 0.05) is 13.0 Å². The molecule has 0 amide bonds. The first-order chi connectivity index (χ1) is 10.7. The molecule has 0 aliphatic rings. The summed E-state index contributed by atoms with van der Waals surface area (Å²) in [5, 5.41) is 9.52. The van der Waals surface area contributed by atoms with Crippen molar-refractivity contribution in [2.45, 2.75) is 13.8 Å². The van der Waals surface area contributed by atoms with Crippen LogP contribution in [0.25, 0.3) is 22.5 Å². The number of aromatic nitrogens is 4. The molecule has 0 aliphatic heterocycles. The van der Waals surface area contributed by atoms with E-state index in [2.05, 4.69) is 20.4 Å². The summed E-state index contributed by atoms with van der Waals surface area (Å²) in [6.07, 6.45) is 3.72. The lowest BCUT2D eigenvalue weighted by atomic mass is 10.1. The van der Waals surface area contributed by atoms with Gasteiger partial charge in [-0.15, -0.1) is 0 Å². The maximum atomic E-state index is 9.52.